The van der Waals surface area contributed by atoms with Gasteiger partial charge in [0.25, 0.3) is 0 Å². The molecular formula is C25H27FO. The molecule has 0 fully saturated rings. The lowest BCUT2D eigenvalue weighted by atomic mass is 9.80. The summed E-state index contributed by atoms with van der Waals surface area (Å²) in [6.07, 6.45) is -0.505. The van der Waals surface area contributed by atoms with Crippen LogP contribution in [0.15, 0.2) is 91.0 Å². The molecule has 27 heavy (non-hydrogen) atoms. The van der Waals surface area contributed by atoms with Crippen molar-refractivity contribution in [2.75, 3.05) is 6.61 Å². The normalized spacial score (nSPS) is 12.9. The van der Waals surface area contributed by atoms with Crippen LogP contribution in [0.2, 0.25) is 0 Å². The number of halogens is 1. The first-order valence-electron chi connectivity index (χ1n) is 9.57. The number of hydrogen-bond acceptors (Lipinski definition) is 1. The molecule has 1 nitrogen and oxygen atoms in total. The highest BCUT2D eigenvalue weighted by molar-refractivity contribution is 5.47. The van der Waals surface area contributed by atoms with Gasteiger partial charge in [-0.1, -0.05) is 105 Å². The second-order valence-electron chi connectivity index (χ2n) is 7.32. The first kappa shape index (κ1) is 19.3. The smallest absolute Gasteiger partial charge is 0.143 e. The molecule has 0 aliphatic heterocycles. The molecule has 1 atom stereocenters. The van der Waals surface area contributed by atoms with Gasteiger partial charge in [-0.3, -0.25) is 0 Å². The van der Waals surface area contributed by atoms with E-state index in [1.165, 1.54) is 0 Å². The minimum atomic E-state index is -1.000. The zero-order valence-corrected chi connectivity index (χ0v) is 16.0. The summed E-state index contributed by atoms with van der Waals surface area (Å²) in [7, 11) is 0. The van der Waals surface area contributed by atoms with E-state index in [0.717, 1.165) is 16.7 Å². The molecule has 0 saturated carbocycles. The van der Waals surface area contributed by atoms with E-state index in [1.807, 2.05) is 68.4 Å². The van der Waals surface area contributed by atoms with Gasteiger partial charge >= 0.3 is 0 Å². The summed E-state index contributed by atoms with van der Waals surface area (Å²) >= 11 is 0. The van der Waals surface area contributed by atoms with Crippen LogP contribution in [-0.4, -0.2) is 12.8 Å². The summed E-state index contributed by atoms with van der Waals surface area (Å²) in [6.45, 7) is 4.12. The Bertz CT molecular complexity index is 703. The van der Waals surface area contributed by atoms with E-state index < -0.39 is 11.8 Å². The van der Waals surface area contributed by atoms with Crippen LogP contribution in [0.5, 0.6) is 0 Å². The van der Waals surface area contributed by atoms with Crippen molar-refractivity contribution >= 4 is 0 Å². The highest BCUT2D eigenvalue weighted by Crippen LogP contribution is 2.40. The van der Waals surface area contributed by atoms with Gasteiger partial charge in [0.15, 0.2) is 0 Å². The van der Waals surface area contributed by atoms with Crippen LogP contribution in [0, 0.1) is 5.92 Å². The average molecular weight is 362 g/mol. The zero-order chi connectivity index (χ0) is 19.1. The summed E-state index contributed by atoms with van der Waals surface area (Å²) in [5.74, 6) is 0.295. The summed E-state index contributed by atoms with van der Waals surface area (Å²) in [6, 6.07) is 30.3. The Morgan fingerprint density at radius 3 is 1.41 bits per heavy atom. The predicted molar refractivity (Wildman–Crippen MR) is 110 cm³/mol. The summed E-state index contributed by atoms with van der Waals surface area (Å²) in [5, 5.41) is 0. The molecule has 140 valence electrons. The molecule has 3 aromatic rings. The van der Waals surface area contributed by atoms with Gasteiger partial charge in [-0.15, -0.1) is 0 Å². The second-order valence-corrected chi connectivity index (χ2v) is 7.32. The zero-order valence-electron chi connectivity index (χ0n) is 16.0. The Morgan fingerprint density at radius 2 is 1.07 bits per heavy atom. The largest absolute Gasteiger partial charge is 0.358 e. The molecule has 3 aromatic carbocycles. The molecule has 0 radical (unpaired) electrons. The van der Waals surface area contributed by atoms with Crippen molar-refractivity contribution in [3.63, 3.8) is 0 Å². The third kappa shape index (κ3) is 4.45. The molecule has 0 aromatic heterocycles. The van der Waals surface area contributed by atoms with E-state index in [1.54, 1.807) is 0 Å². The maximum absolute atomic E-state index is 14.6. The first-order valence-corrected chi connectivity index (χ1v) is 9.57. The van der Waals surface area contributed by atoms with Gasteiger partial charge in [0, 0.05) is 0 Å². The van der Waals surface area contributed by atoms with E-state index in [0.29, 0.717) is 12.3 Å². The Balaban J connectivity index is 2.11. The highest BCUT2D eigenvalue weighted by Gasteiger charge is 2.38. The summed E-state index contributed by atoms with van der Waals surface area (Å²) in [4.78, 5) is 0. The lowest BCUT2D eigenvalue weighted by Gasteiger charge is -2.36. The van der Waals surface area contributed by atoms with Crippen molar-refractivity contribution in [1.29, 1.82) is 0 Å². The number of ether oxygens (including phenoxy) is 1. The van der Waals surface area contributed by atoms with Crippen LogP contribution >= 0.6 is 0 Å². The number of alkyl halides is 1. The summed E-state index contributed by atoms with van der Waals surface area (Å²) in [5.41, 5.74) is 2.16. The van der Waals surface area contributed by atoms with Crippen molar-refractivity contribution in [3.05, 3.63) is 108 Å². The molecule has 0 amide bonds. The quantitative estimate of drug-likeness (QED) is 0.423. The molecule has 0 N–H and O–H groups in total. The molecule has 0 spiro atoms. The SMILES string of the molecule is CC(C)CC(F)COC(c1ccccc1)(c1ccccc1)c1ccccc1. The van der Waals surface area contributed by atoms with Crippen LogP contribution in [0.25, 0.3) is 0 Å². The van der Waals surface area contributed by atoms with Crippen LogP contribution in [0.4, 0.5) is 4.39 Å². The second kappa shape index (κ2) is 8.96. The van der Waals surface area contributed by atoms with E-state index >= 15 is 0 Å². The molecule has 1 unspecified atom stereocenters. The standard InChI is InChI=1S/C25H27FO/c1-20(2)18-24(26)19-27-25(21-12-6-3-7-13-21,22-14-8-4-9-15-22)23-16-10-5-11-17-23/h3-17,20,24H,18-19H2,1-2H3. The molecule has 2 heteroatoms. The van der Waals surface area contributed by atoms with Gasteiger partial charge in [-0.25, -0.2) is 4.39 Å². The monoisotopic (exact) mass is 362 g/mol. The Kier molecular flexibility index (Phi) is 6.41. The van der Waals surface area contributed by atoms with Gasteiger partial charge in [0.1, 0.15) is 11.8 Å². The number of benzene rings is 3. The maximum Gasteiger partial charge on any atom is 0.143 e. The van der Waals surface area contributed by atoms with Gasteiger partial charge in [-0.05, 0) is 29.0 Å². The van der Waals surface area contributed by atoms with Crippen molar-refractivity contribution in [2.24, 2.45) is 5.92 Å². The summed E-state index contributed by atoms with van der Waals surface area (Å²) < 4.78 is 21.1. The number of hydrogen-bond donors (Lipinski definition) is 0. The molecule has 0 heterocycles. The molecular weight excluding hydrogens is 335 g/mol. The van der Waals surface area contributed by atoms with Crippen molar-refractivity contribution in [2.45, 2.75) is 32.0 Å². The lowest BCUT2D eigenvalue weighted by Crippen LogP contribution is -2.35. The minimum Gasteiger partial charge on any atom is -0.358 e. The Morgan fingerprint density at radius 1 is 0.704 bits per heavy atom. The lowest BCUT2D eigenvalue weighted by molar-refractivity contribution is -0.0198. The Hall–Kier alpha value is -2.45. The van der Waals surface area contributed by atoms with Gasteiger partial charge in [-0.2, -0.15) is 0 Å². The van der Waals surface area contributed by atoms with E-state index in [-0.39, 0.29) is 6.61 Å². The fraction of sp³-hybridized carbons (Fsp3) is 0.280. The highest BCUT2D eigenvalue weighted by atomic mass is 19.1. The molecule has 3 rings (SSSR count). The van der Waals surface area contributed by atoms with Gasteiger partial charge in [0.2, 0.25) is 0 Å². The molecule has 0 bridgehead atoms. The fourth-order valence-electron chi connectivity index (χ4n) is 3.56. The topological polar surface area (TPSA) is 9.23 Å². The van der Waals surface area contributed by atoms with Gasteiger partial charge in [0.05, 0.1) is 6.61 Å². The fourth-order valence-corrected chi connectivity index (χ4v) is 3.56. The first-order chi connectivity index (χ1) is 13.1. The molecule has 0 aliphatic carbocycles. The third-order valence-corrected chi connectivity index (χ3v) is 4.75. The molecule has 0 saturated heterocycles. The number of rotatable bonds is 8. The van der Waals surface area contributed by atoms with Crippen LogP contribution in [0.1, 0.15) is 37.0 Å². The third-order valence-electron chi connectivity index (χ3n) is 4.75. The predicted octanol–water partition coefficient (Wildman–Crippen LogP) is 6.38. The van der Waals surface area contributed by atoms with Crippen LogP contribution < -0.4 is 0 Å². The van der Waals surface area contributed by atoms with Crippen molar-refractivity contribution in [1.82, 2.24) is 0 Å². The Labute approximate surface area is 161 Å². The van der Waals surface area contributed by atoms with E-state index in [4.69, 9.17) is 4.74 Å². The molecule has 0 aliphatic rings. The van der Waals surface area contributed by atoms with Crippen LogP contribution in [-0.2, 0) is 10.3 Å². The van der Waals surface area contributed by atoms with Crippen LogP contribution in [0.3, 0.4) is 0 Å². The van der Waals surface area contributed by atoms with E-state index in [9.17, 15) is 4.39 Å². The van der Waals surface area contributed by atoms with E-state index in [2.05, 4.69) is 36.4 Å². The maximum atomic E-state index is 14.6. The minimum absolute atomic E-state index is 0.0524. The van der Waals surface area contributed by atoms with Gasteiger partial charge < -0.3 is 4.74 Å². The van der Waals surface area contributed by atoms with Crippen molar-refractivity contribution < 1.29 is 9.13 Å². The van der Waals surface area contributed by atoms with Crippen molar-refractivity contribution in [3.8, 4) is 0 Å². The average Bonchev–Trinajstić information content (AvgIpc) is 2.70.